The number of aryl methyl sites for hydroxylation is 1. The number of hydrogen-bond donors (Lipinski definition) is 1. The number of carbonyl (C=O) groups is 2. The Labute approximate surface area is 168 Å². The summed E-state index contributed by atoms with van der Waals surface area (Å²) >= 11 is 0. The van der Waals surface area contributed by atoms with Crippen molar-refractivity contribution in [2.45, 2.75) is 26.2 Å². The third kappa shape index (κ3) is 5.16. The molecule has 154 valence electrons. The molecule has 7 nitrogen and oxygen atoms in total. The Bertz CT molecular complexity index is 692. The van der Waals surface area contributed by atoms with Crippen LogP contribution in [0.3, 0.4) is 0 Å². The monoisotopic (exact) mass is 387 g/mol. The van der Waals surface area contributed by atoms with Crippen LogP contribution in [0.2, 0.25) is 0 Å². The minimum atomic E-state index is -0.0669. The smallest absolute Gasteiger partial charge is 0.321 e. The van der Waals surface area contributed by atoms with Gasteiger partial charge in [-0.25, -0.2) is 4.79 Å². The maximum atomic E-state index is 12.6. The number of hydrogen-bond acceptors (Lipinski definition) is 4. The van der Waals surface area contributed by atoms with E-state index in [-0.39, 0.29) is 11.9 Å². The van der Waals surface area contributed by atoms with Crippen LogP contribution in [0.1, 0.15) is 24.8 Å². The first-order valence-corrected chi connectivity index (χ1v) is 10.3. The molecule has 0 unspecified atom stereocenters. The van der Waals surface area contributed by atoms with E-state index in [0.717, 1.165) is 56.0 Å². The Morgan fingerprint density at radius 3 is 2.25 bits per heavy atom. The summed E-state index contributed by atoms with van der Waals surface area (Å²) in [5, 5.41) is 3.03. The van der Waals surface area contributed by atoms with Gasteiger partial charge in [0.2, 0.25) is 5.91 Å². The number of nitrogens with zero attached hydrogens (tertiary/aromatic N) is 4. The number of likely N-dealkylation sites (tertiary alicyclic amines) is 1. The van der Waals surface area contributed by atoms with Crippen molar-refractivity contribution in [3.63, 3.8) is 0 Å². The normalized spacial score (nSPS) is 18.1. The van der Waals surface area contributed by atoms with Gasteiger partial charge in [-0.05, 0) is 49.9 Å². The van der Waals surface area contributed by atoms with Crippen LogP contribution in [0.25, 0.3) is 0 Å². The number of carbonyl (C=O) groups excluding carboxylic acids is 2. The van der Waals surface area contributed by atoms with Gasteiger partial charge in [-0.15, -0.1) is 0 Å². The molecule has 1 aromatic carbocycles. The molecular weight excluding hydrogens is 354 g/mol. The highest BCUT2D eigenvalue weighted by molar-refractivity contribution is 5.90. The largest absolute Gasteiger partial charge is 0.378 e. The second kappa shape index (κ2) is 9.28. The van der Waals surface area contributed by atoms with Crippen molar-refractivity contribution in [1.82, 2.24) is 14.7 Å². The molecule has 2 aliphatic heterocycles. The SMILES string of the molecule is Cc1cc(N(C)C)ccc1NC(=O)N1CCN(CC(=O)N2CCCCC2)CC1. The van der Waals surface area contributed by atoms with E-state index in [1.807, 2.05) is 47.9 Å². The van der Waals surface area contributed by atoms with E-state index >= 15 is 0 Å². The summed E-state index contributed by atoms with van der Waals surface area (Å²) in [6.45, 7) is 7.05. The van der Waals surface area contributed by atoms with Crippen molar-refractivity contribution < 1.29 is 9.59 Å². The highest BCUT2D eigenvalue weighted by atomic mass is 16.2. The van der Waals surface area contributed by atoms with E-state index in [1.54, 1.807) is 0 Å². The lowest BCUT2D eigenvalue weighted by atomic mass is 10.1. The van der Waals surface area contributed by atoms with Crippen LogP contribution in [-0.4, -0.2) is 86.5 Å². The molecule has 1 N–H and O–H groups in total. The highest BCUT2D eigenvalue weighted by Crippen LogP contribution is 2.22. The number of rotatable bonds is 4. The summed E-state index contributed by atoms with van der Waals surface area (Å²) in [6, 6.07) is 5.96. The molecule has 0 saturated carbocycles. The van der Waals surface area contributed by atoms with Crippen molar-refractivity contribution in [1.29, 1.82) is 0 Å². The van der Waals surface area contributed by atoms with Crippen LogP contribution in [0, 0.1) is 6.92 Å². The molecule has 0 spiro atoms. The first kappa shape index (κ1) is 20.5. The Morgan fingerprint density at radius 2 is 1.64 bits per heavy atom. The molecule has 2 heterocycles. The maximum absolute atomic E-state index is 12.6. The third-order valence-electron chi connectivity index (χ3n) is 5.70. The topological polar surface area (TPSA) is 59.1 Å². The molecule has 2 aliphatic rings. The van der Waals surface area contributed by atoms with Crippen LogP contribution >= 0.6 is 0 Å². The molecule has 28 heavy (non-hydrogen) atoms. The first-order valence-electron chi connectivity index (χ1n) is 10.3. The number of nitrogens with one attached hydrogen (secondary N) is 1. The van der Waals surface area contributed by atoms with Crippen molar-refractivity contribution in [2.24, 2.45) is 0 Å². The second-order valence-electron chi connectivity index (χ2n) is 8.03. The van der Waals surface area contributed by atoms with E-state index in [0.29, 0.717) is 19.6 Å². The van der Waals surface area contributed by atoms with Gasteiger partial charge in [0.05, 0.1) is 6.54 Å². The molecule has 3 amide bonds. The molecule has 0 atom stereocenters. The van der Waals surface area contributed by atoms with E-state index < -0.39 is 0 Å². The molecular formula is C21H33N5O2. The molecule has 1 aromatic rings. The lowest BCUT2D eigenvalue weighted by Gasteiger charge is -2.36. The first-order chi connectivity index (χ1) is 13.4. The van der Waals surface area contributed by atoms with E-state index in [4.69, 9.17) is 0 Å². The number of amides is 3. The van der Waals surface area contributed by atoms with Gasteiger partial charge in [0.1, 0.15) is 0 Å². The molecule has 0 bridgehead atoms. The standard InChI is InChI=1S/C21H33N5O2/c1-17-15-18(23(2)3)7-8-19(17)22-21(28)26-13-11-24(12-14-26)16-20(27)25-9-5-4-6-10-25/h7-8,15H,4-6,9-14,16H2,1-3H3,(H,22,28). The van der Waals surface area contributed by atoms with E-state index in [2.05, 4.69) is 16.3 Å². The second-order valence-corrected chi connectivity index (χ2v) is 8.03. The van der Waals surface area contributed by atoms with Crippen molar-refractivity contribution in [3.8, 4) is 0 Å². The molecule has 2 saturated heterocycles. The van der Waals surface area contributed by atoms with Gasteiger partial charge in [0, 0.05) is 64.7 Å². The zero-order valence-corrected chi connectivity index (χ0v) is 17.4. The lowest BCUT2D eigenvalue weighted by molar-refractivity contribution is -0.133. The molecule has 7 heteroatoms. The fourth-order valence-electron chi connectivity index (χ4n) is 3.80. The minimum absolute atomic E-state index is 0.0669. The molecule has 2 fully saturated rings. The number of anilines is 2. The van der Waals surface area contributed by atoms with Gasteiger partial charge in [0.25, 0.3) is 0 Å². The Kier molecular flexibility index (Phi) is 6.78. The summed E-state index contributed by atoms with van der Waals surface area (Å²) in [4.78, 5) is 33.1. The average molecular weight is 388 g/mol. The van der Waals surface area contributed by atoms with E-state index in [9.17, 15) is 9.59 Å². The Morgan fingerprint density at radius 1 is 0.964 bits per heavy atom. The highest BCUT2D eigenvalue weighted by Gasteiger charge is 2.25. The molecule has 0 radical (unpaired) electrons. The summed E-state index contributed by atoms with van der Waals surface area (Å²) in [7, 11) is 4.01. The summed E-state index contributed by atoms with van der Waals surface area (Å²) in [5.41, 5.74) is 3.01. The van der Waals surface area contributed by atoms with Gasteiger partial charge in [0.15, 0.2) is 0 Å². The fourth-order valence-corrected chi connectivity index (χ4v) is 3.80. The lowest BCUT2D eigenvalue weighted by Crippen LogP contribution is -2.52. The number of urea groups is 1. The average Bonchev–Trinajstić information content (AvgIpc) is 2.70. The fraction of sp³-hybridized carbons (Fsp3) is 0.619. The predicted octanol–water partition coefficient (Wildman–Crippen LogP) is 2.22. The number of piperazine rings is 1. The molecule has 0 aromatic heterocycles. The minimum Gasteiger partial charge on any atom is -0.378 e. The quantitative estimate of drug-likeness (QED) is 0.861. The third-order valence-corrected chi connectivity index (χ3v) is 5.70. The predicted molar refractivity (Wildman–Crippen MR) is 113 cm³/mol. The Balaban J connectivity index is 1.46. The van der Waals surface area contributed by atoms with Gasteiger partial charge in [-0.1, -0.05) is 0 Å². The summed E-state index contributed by atoms with van der Waals surface area (Å²) in [6.07, 6.45) is 3.47. The zero-order valence-electron chi connectivity index (χ0n) is 17.4. The van der Waals surface area contributed by atoms with Crippen LogP contribution in [0.5, 0.6) is 0 Å². The van der Waals surface area contributed by atoms with Crippen LogP contribution in [-0.2, 0) is 4.79 Å². The Hall–Kier alpha value is -2.28. The van der Waals surface area contributed by atoms with Gasteiger partial charge >= 0.3 is 6.03 Å². The number of piperidine rings is 1. The van der Waals surface area contributed by atoms with Crippen molar-refractivity contribution in [2.75, 3.05) is 70.1 Å². The van der Waals surface area contributed by atoms with Crippen molar-refractivity contribution >= 4 is 23.3 Å². The number of benzene rings is 1. The van der Waals surface area contributed by atoms with Gasteiger partial charge in [-0.3, -0.25) is 9.69 Å². The van der Waals surface area contributed by atoms with Crippen LogP contribution < -0.4 is 10.2 Å². The van der Waals surface area contributed by atoms with Crippen LogP contribution in [0.4, 0.5) is 16.2 Å². The molecule has 0 aliphatic carbocycles. The molecule has 3 rings (SSSR count). The summed E-state index contributed by atoms with van der Waals surface area (Å²) < 4.78 is 0. The maximum Gasteiger partial charge on any atom is 0.321 e. The van der Waals surface area contributed by atoms with Gasteiger partial charge < -0.3 is 20.0 Å². The summed E-state index contributed by atoms with van der Waals surface area (Å²) in [5.74, 6) is 0.231. The van der Waals surface area contributed by atoms with Crippen molar-refractivity contribution in [3.05, 3.63) is 23.8 Å². The van der Waals surface area contributed by atoms with Crippen LogP contribution in [0.15, 0.2) is 18.2 Å². The zero-order chi connectivity index (χ0) is 20.1. The van der Waals surface area contributed by atoms with Gasteiger partial charge in [-0.2, -0.15) is 0 Å². The van der Waals surface area contributed by atoms with E-state index in [1.165, 1.54) is 6.42 Å².